The second kappa shape index (κ2) is 14.3. The van der Waals surface area contributed by atoms with Crippen molar-refractivity contribution in [2.45, 2.75) is 60.8 Å². The van der Waals surface area contributed by atoms with Gasteiger partial charge in [0.1, 0.15) is 24.0 Å². The Hall–Kier alpha value is -3.68. The van der Waals surface area contributed by atoms with Crippen LogP contribution in [-0.2, 0) is 21.1 Å². The van der Waals surface area contributed by atoms with Crippen molar-refractivity contribution in [1.29, 1.82) is 0 Å². The Morgan fingerprint density at radius 3 is 2.51 bits per heavy atom. The fourth-order valence-corrected chi connectivity index (χ4v) is 11.4. The maximum absolute atomic E-state index is 15.0. The first-order valence-corrected chi connectivity index (χ1v) is 18.5. The van der Waals surface area contributed by atoms with Crippen molar-refractivity contribution in [3.63, 3.8) is 0 Å². The second-order valence-corrected chi connectivity index (χ2v) is 15.9. The largest absolute Gasteiger partial charge is 0.494 e. The lowest BCUT2D eigenvalue weighted by molar-refractivity contribution is -0.147. The minimum absolute atomic E-state index is 0.0924. The summed E-state index contributed by atoms with van der Waals surface area (Å²) in [5.74, 6) is -1.66. The van der Waals surface area contributed by atoms with Gasteiger partial charge in [-0.1, -0.05) is 59.3 Å². The minimum atomic E-state index is -0.925. The van der Waals surface area contributed by atoms with Crippen LogP contribution in [0.2, 0.25) is 0 Å². The molecule has 0 radical (unpaired) electrons. The molecule has 3 amide bonds. The van der Waals surface area contributed by atoms with Gasteiger partial charge in [-0.3, -0.25) is 14.4 Å². The number of hydrogen-bond donors (Lipinski definition) is 1. The Morgan fingerprint density at radius 1 is 1.14 bits per heavy atom. The van der Waals surface area contributed by atoms with Gasteiger partial charge in [0.05, 0.1) is 41.4 Å². The zero-order valence-electron chi connectivity index (χ0n) is 28.0. The molecule has 2 bridgehead atoms. The number of benzene rings is 2. The molecule has 0 aliphatic carbocycles. The number of ether oxygens (including phenoxy) is 1. The normalized spacial score (nSPS) is 26.2. The van der Waals surface area contributed by atoms with Crippen LogP contribution in [0.25, 0.3) is 11.0 Å². The number of aliphatic hydroxyl groups is 1. The van der Waals surface area contributed by atoms with E-state index >= 15 is 4.79 Å². The van der Waals surface area contributed by atoms with Gasteiger partial charge in [0.25, 0.3) is 0 Å². The van der Waals surface area contributed by atoms with Gasteiger partial charge in [0, 0.05) is 28.9 Å². The van der Waals surface area contributed by atoms with Crippen LogP contribution in [0.15, 0.2) is 73.8 Å². The van der Waals surface area contributed by atoms with Gasteiger partial charge in [-0.15, -0.1) is 30.0 Å². The van der Waals surface area contributed by atoms with Gasteiger partial charge in [0.2, 0.25) is 17.7 Å². The van der Waals surface area contributed by atoms with Crippen molar-refractivity contribution < 1.29 is 24.2 Å². The zero-order valence-corrected chi connectivity index (χ0v) is 30.4. The van der Waals surface area contributed by atoms with Crippen LogP contribution < -0.4 is 9.64 Å². The lowest BCUT2D eigenvalue weighted by Crippen LogP contribution is -2.59. The average Bonchev–Trinajstić information content (AvgIpc) is 3.81. The molecule has 13 heteroatoms. The molecular weight excluding hydrogens is 708 g/mol. The van der Waals surface area contributed by atoms with E-state index in [0.717, 1.165) is 5.52 Å². The monoisotopic (exact) mass is 750 g/mol. The van der Waals surface area contributed by atoms with E-state index in [1.807, 2.05) is 69.3 Å². The number of anilines is 1. The molecule has 7 atom stereocenters. The zero-order chi connectivity index (χ0) is 35.0. The van der Waals surface area contributed by atoms with Crippen molar-refractivity contribution in [3.05, 3.63) is 73.8 Å². The van der Waals surface area contributed by atoms with E-state index in [1.165, 1.54) is 0 Å². The number of carbonyl (C=O) groups is 3. The van der Waals surface area contributed by atoms with E-state index in [9.17, 15) is 14.7 Å². The number of nitrogens with zero attached hydrogens (tertiary/aromatic N) is 6. The van der Waals surface area contributed by atoms with Crippen molar-refractivity contribution in [1.82, 2.24) is 24.8 Å². The Labute approximate surface area is 299 Å². The smallest absolute Gasteiger partial charge is 0.248 e. The average molecular weight is 752 g/mol. The molecule has 3 aromatic rings. The van der Waals surface area contributed by atoms with Crippen LogP contribution in [-0.4, -0.2) is 101 Å². The van der Waals surface area contributed by atoms with E-state index in [-0.39, 0.29) is 60.1 Å². The van der Waals surface area contributed by atoms with Crippen molar-refractivity contribution >= 4 is 62.1 Å². The Morgan fingerprint density at radius 2 is 1.86 bits per heavy atom. The summed E-state index contributed by atoms with van der Waals surface area (Å²) < 4.78 is 6.38. The van der Waals surface area contributed by atoms with Gasteiger partial charge in [-0.25, -0.2) is 4.68 Å². The number of fused-ring (bicyclic) bond motifs is 2. The number of halogens is 1. The Kier molecular flexibility index (Phi) is 10.2. The van der Waals surface area contributed by atoms with Gasteiger partial charge in [0.15, 0.2) is 0 Å². The molecule has 0 saturated carbocycles. The number of likely N-dealkylation sites (tertiary alicyclic amines) is 1. The summed E-state index contributed by atoms with van der Waals surface area (Å²) in [6, 6.07) is 13.3. The number of thioether (sulfide) groups is 1. The summed E-state index contributed by atoms with van der Waals surface area (Å²) >= 11 is 5.45. The molecule has 49 heavy (non-hydrogen) atoms. The highest BCUT2D eigenvalue weighted by atomic mass is 79.9. The third-order valence-corrected chi connectivity index (χ3v) is 13.2. The maximum Gasteiger partial charge on any atom is 0.248 e. The number of amides is 3. The quantitative estimate of drug-likeness (QED) is 0.189. The van der Waals surface area contributed by atoms with Crippen LogP contribution in [0, 0.1) is 17.8 Å². The first kappa shape index (κ1) is 35.2. The van der Waals surface area contributed by atoms with Crippen molar-refractivity contribution in [2.75, 3.05) is 31.2 Å². The third-order valence-electron chi connectivity index (χ3n) is 9.98. The Bertz CT molecular complexity index is 1730. The molecule has 1 aromatic heterocycles. The van der Waals surface area contributed by atoms with Gasteiger partial charge in [-0.05, 0) is 55.7 Å². The maximum atomic E-state index is 15.0. The first-order valence-electron chi connectivity index (χ1n) is 16.7. The molecule has 260 valence electrons. The summed E-state index contributed by atoms with van der Waals surface area (Å²) in [4.78, 5) is 49.5. The summed E-state index contributed by atoms with van der Waals surface area (Å²) in [5, 5.41) is 19.0. The van der Waals surface area contributed by atoms with Crippen LogP contribution in [0.1, 0.15) is 27.2 Å². The highest BCUT2D eigenvalue weighted by Gasteiger charge is 2.76. The molecule has 2 aromatic carbocycles. The summed E-state index contributed by atoms with van der Waals surface area (Å²) in [6.45, 7) is 14.4. The number of para-hydroxylation sites is 1. The van der Waals surface area contributed by atoms with E-state index in [1.54, 1.807) is 43.3 Å². The summed E-state index contributed by atoms with van der Waals surface area (Å²) in [5.41, 5.74) is 2.15. The fraction of sp³-hybridized carbons (Fsp3) is 0.472. The lowest BCUT2D eigenvalue weighted by Gasteiger charge is -2.40. The highest BCUT2D eigenvalue weighted by molar-refractivity contribution is 9.09. The number of alkyl halides is 1. The van der Waals surface area contributed by atoms with Crippen LogP contribution in [0.4, 0.5) is 5.69 Å². The molecular formula is C36H43BrN6O5S. The second-order valence-electron chi connectivity index (χ2n) is 13.1. The molecule has 6 rings (SSSR count). The number of rotatable bonds is 14. The highest BCUT2D eigenvalue weighted by Crippen LogP contribution is 2.68. The van der Waals surface area contributed by atoms with E-state index < -0.39 is 28.7 Å². The van der Waals surface area contributed by atoms with E-state index in [4.69, 9.17) is 4.74 Å². The molecule has 1 spiro atoms. The predicted octanol–water partition coefficient (Wildman–Crippen LogP) is 4.50. The fourth-order valence-electron chi connectivity index (χ4n) is 7.86. The number of aromatic nitrogens is 3. The molecule has 3 unspecified atom stereocenters. The molecule has 3 aliphatic heterocycles. The number of aliphatic hydroxyl groups excluding tert-OH is 1. The molecule has 4 heterocycles. The topological polar surface area (TPSA) is 121 Å². The van der Waals surface area contributed by atoms with Crippen LogP contribution in [0.5, 0.6) is 5.75 Å². The minimum Gasteiger partial charge on any atom is -0.494 e. The predicted molar refractivity (Wildman–Crippen MR) is 194 cm³/mol. The molecule has 3 aliphatic rings. The SMILES string of the molecule is C=CCN(Cn1nnc2ccccc21)C(=O)C1N([C@@H](CO)C(C)C)C(=O)[C@@H]2[C@@H](C(=O)N(CC=C)c3ccc(OCC)cc3)[C@@H]3SC12CC3Br. The lowest BCUT2D eigenvalue weighted by atomic mass is 9.70. The number of carbonyl (C=O) groups excluding carboxylic acids is 3. The van der Waals surface area contributed by atoms with E-state index in [2.05, 4.69) is 39.4 Å². The van der Waals surface area contributed by atoms with Crippen molar-refractivity contribution in [2.24, 2.45) is 17.8 Å². The molecule has 11 nitrogen and oxygen atoms in total. The molecule has 1 N–H and O–H groups in total. The molecule has 3 saturated heterocycles. The number of hydrogen-bond acceptors (Lipinski definition) is 8. The van der Waals surface area contributed by atoms with Gasteiger partial charge in [-0.2, -0.15) is 0 Å². The standard InChI is InChI=1S/C36H43BrN6O5S/c1-6-17-40(21-42-27-12-10-9-11-26(27)38-39-42)35(47)32-36-19-25(37)31(49-36)29(30(36)34(46)43(32)28(20-44)22(4)5)33(45)41(18-7-2)23-13-15-24(16-14-23)48-8-3/h6-7,9-16,22,25,28-32,44H,1-2,8,17-21H2,3-5H3/t25?,28-,29+,30-,31+,32?,36?/m0/s1. The van der Waals surface area contributed by atoms with Crippen molar-refractivity contribution in [3.8, 4) is 5.75 Å². The van der Waals surface area contributed by atoms with E-state index in [0.29, 0.717) is 30.0 Å². The van der Waals surface area contributed by atoms with Crippen LogP contribution >= 0.6 is 27.7 Å². The van der Waals surface area contributed by atoms with Crippen LogP contribution in [0.3, 0.4) is 0 Å². The molecule has 3 fully saturated rings. The van der Waals surface area contributed by atoms with Gasteiger partial charge >= 0.3 is 0 Å². The summed E-state index contributed by atoms with van der Waals surface area (Å²) in [7, 11) is 0. The van der Waals surface area contributed by atoms with Gasteiger partial charge < -0.3 is 24.5 Å². The third kappa shape index (κ3) is 5.97. The summed E-state index contributed by atoms with van der Waals surface area (Å²) in [6.07, 6.45) is 3.85. The Balaban J connectivity index is 1.41. The first-order chi connectivity index (χ1) is 23.6.